The summed E-state index contributed by atoms with van der Waals surface area (Å²) in [5, 5.41) is 12.8. The molecule has 1 rings (SSSR count). The Morgan fingerprint density at radius 2 is 2.06 bits per heavy atom. The van der Waals surface area contributed by atoms with Gasteiger partial charge in [0.25, 0.3) is 0 Å². The second-order valence-electron chi connectivity index (χ2n) is 4.25. The largest absolute Gasteiger partial charge is 0.497 e. The molecular weight excluding hydrogens is 230 g/mol. The highest BCUT2D eigenvalue weighted by Gasteiger charge is 2.06. The van der Waals surface area contributed by atoms with Crippen molar-refractivity contribution in [1.29, 1.82) is 0 Å². The van der Waals surface area contributed by atoms with Crippen LogP contribution in [0.15, 0.2) is 18.2 Å². The van der Waals surface area contributed by atoms with E-state index in [-0.39, 0.29) is 6.10 Å². The van der Waals surface area contributed by atoms with E-state index >= 15 is 0 Å². The van der Waals surface area contributed by atoms with E-state index in [1.54, 1.807) is 14.2 Å². The zero-order chi connectivity index (χ0) is 13.4. The van der Waals surface area contributed by atoms with Gasteiger partial charge in [-0.3, -0.25) is 0 Å². The first-order valence-corrected chi connectivity index (χ1v) is 6.31. The van der Waals surface area contributed by atoms with E-state index in [9.17, 15) is 5.11 Å². The molecule has 0 radical (unpaired) electrons. The lowest BCUT2D eigenvalue weighted by Gasteiger charge is -2.13. The molecule has 0 saturated carbocycles. The molecule has 0 bridgehead atoms. The molecule has 0 aliphatic rings. The summed E-state index contributed by atoms with van der Waals surface area (Å²) in [6.45, 7) is 3.34. The van der Waals surface area contributed by atoms with Gasteiger partial charge < -0.3 is 19.9 Å². The van der Waals surface area contributed by atoms with Crippen LogP contribution in [0.1, 0.15) is 25.3 Å². The van der Waals surface area contributed by atoms with Gasteiger partial charge in [0.1, 0.15) is 11.5 Å². The fourth-order valence-electron chi connectivity index (χ4n) is 1.81. The third-order valence-corrected chi connectivity index (χ3v) is 2.81. The lowest BCUT2D eigenvalue weighted by molar-refractivity contribution is 0.160. The Kier molecular flexibility index (Phi) is 6.54. The van der Waals surface area contributed by atoms with Gasteiger partial charge in [-0.15, -0.1) is 0 Å². The third-order valence-electron chi connectivity index (χ3n) is 2.81. The Morgan fingerprint density at radius 1 is 1.28 bits per heavy atom. The Balaban J connectivity index is 2.51. The van der Waals surface area contributed by atoms with Crippen molar-refractivity contribution in [2.45, 2.75) is 32.4 Å². The first-order chi connectivity index (χ1) is 8.71. The van der Waals surface area contributed by atoms with E-state index in [0.717, 1.165) is 29.9 Å². The summed E-state index contributed by atoms with van der Waals surface area (Å²) in [5.41, 5.74) is 1.06. The molecule has 2 N–H and O–H groups in total. The van der Waals surface area contributed by atoms with E-state index in [2.05, 4.69) is 12.2 Å². The Bertz CT molecular complexity index is 355. The minimum absolute atomic E-state index is 0.278. The van der Waals surface area contributed by atoms with E-state index < -0.39 is 0 Å². The van der Waals surface area contributed by atoms with Gasteiger partial charge in [-0.05, 0) is 12.5 Å². The third kappa shape index (κ3) is 4.55. The van der Waals surface area contributed by atoms with Gasteiger partial charge in [-0.2, -0.15) is 0 Å². The molecule has 0 heterocycles. The smallest absolute Gasteiger partial charge is 0.127 e. The van der Waals surface area contributed by atoms with Crippen molar-refractivity contribution >= 4 is 0 Å². The molecule has 0 aliphatic carbocycles. The Hall–Kier alpha value is -1.26. The molecule has 102 valence electrons. The predicted octanol–water partition coefficient (Wildman–Crippen LogP) is 1.95. The predicted molar refractivity (Wildman–Crippen MR) is 72.2 cm³/mol. The highest BCUT2D eigenvalue weighted by atomic mass is 16.5. The first kappa shape index (κ1) is 14.8. The molecule has 0 aliphatic heterocycles. The van der Waals surface area contributed by atoms with Crippen LogP contribution in [0, 0.1) is 0 Å². The van der Waals surface area contributed by atoms with Crippen LogP contribution in [-0.4, -0.2) is 32.0 Å². The summed E-state index contributed by atoms with van der Waals surface area (Å²) in [7, 11) is 3.28. The summed E-state index contributed by atoms with van der Waals surface area (Å²) >= 11 is 0. The number of hydrogen-bond donors (Lipinski definition) is 2. The van der Waals surface area contributed by atoms with E-state index in [1.807, 2.05) is 18.2 Å². The zero-order valence-corrected chi connectivity index (χ0v) is 11.4. The minimum atomic E-state index is -0.278. The number of ether oxygens (including phenoxy) is 2. The van der Waals surface area contributed by atoms with E-state index in [0.29, 0.717) is 13.1 Å². The molecule has 1 unspecified atom stereocenters. The van der Waals surface area contributed by atoms with Gasteiger partial charge in [0.2, 0.25) is 0 Å². The van der Waals surface area contributed by atoms with E-state index in [1.165, 1.54) is 0 Å². The first-order valence-electron chi connectivity index (χ1n) is 6.31. The lowest BCUT2D eigenvalue weighted by Crippen LogP contribution is -2.26. The van der Waals surface area contributed by atoms with Gasteiger partial charge in [0.15, 0.2) is 0 Å². The van der Waals surface area contributed by atoms with Gasteiger partial charge in [0.05, 0.1) is 20.3 Å². The van der Waals surface area contributed by atoms with Gasteiger partial charge in [0, 0.05) is 24.7 Å². The van der Waals surface area contributed by atoms with Crippen LogP contribution in [0.3, 0.4) is 0 Å². The average molecular weight is 253 g/mol. The molecule has 18 heavy (non-hydrogen) atoms. The van der Waals surface area contributed by atoms with Gasteiger partial charge in [-0.25, -0.2) is 0 Å². The summed E-state index contributed by atoms with van der Waals surface area (Å²) in [4.78, 5) is 0. The van der Waals surface area contributed by atoms with Crippen molar-refractivity contribution in [3.8, 4) is 11.5 Å². The summed E-state index contributed by atoms with van der Waals surface area (Å²) in [6, 6.07) is 5.73. The number of aliphatic hydroxyl groups excluding tert-OH is 1. The number of benzene rings is 1. The van der Waals surface area contributed by atoms with Crippen LogP contribution in [0.4, 0.5) is 0 Å². The number of aliphatic hydroxyl groups is 1. The van der Waals surface area contributed by atoms with Crippen molar-refractivity contribution < 1.29 is 14.6 Å². The molecule has 0 fully saturated rings. The topological polar surface area (TPSA) is 50.7 Å². The van der Waals surface area contributed by atoms with Crippen LogP contribution >= 0.6 is 0 Å². The van der Waals surface area contributed by atoms with Crippen LogP contribution in [-0.2, 0) is 6.54 Å². The molecule has 4 heteroatoms. The number of rotatable bonds is 8. The molecular formula is C14H23NO3. The second kappa shape index (κ2) is 7.95. The minimum Gasteiger partial charge on any atom is -0.497 e. The van der Waals surface area contributed by atoms with Gasteiger partial charge in [-0.1, -0.05) is 19.4 Å². The summed E-state index contributed by atoms with van der Waals surface area (Å²) in [6.07, 6.45) is 1.54. The highest BCUT2D eigenvalue weighted by molar-refractivity contribution is 5.40. The maximum atomic E-state index is 9.62. The maximum Gasteiger partial charge on any atom is 0.127 e. The molecule has 1 atom stereocenters. The Labute approximate surface area is 109 Å². The lowest BCUT2D eigenvalue weighted by atomic mass is 10.1. The standard InChI is InChI=1S/C14H23NO3/c1-4-5-12(16)10-15-9-11-6-7-13(17-2)8-14(11)18-3/h6-8,12,15-16H,4-5,9-10H2,1-3H3. The summed E-state index contributed by atoms with van der Waals surface area (Å²) < 4.78 is 10.5. The molecule has 1 aromatic rings. The maximum absolute atomic E-state index is 9.62. The second-order valence-corrected chi connectivity index (χ2v) is 4.25. The van der Waals surface area contributed by atoms with E-state index in [4.69, 9.17) is 9.47 Å². The number of nitrogens with one attached hydrogen (secondary N) is 1. The zero-order valence-electron chi connectivity index (χ0n) is 11.4. The molecule has 4 nitrogen and oxygen atoms in total. The Morgan fingerprint density at radius 3 is 2.67 bits per heavy atom. The summed E-state index contributed by atoms with van der Waals surface area (Å²) in [5.74, 6) is 1.58. The molecule has 0 saturated heterocycles. The van der Waals surface area contributed by atoms with Crippen LogP contribution in [0.2, 0.25) is 0 Å². The number of methoxy groups -OCH3 is 2. The number of hydrogen-bond acceptors (Lipinski definition) is 4. The fraction of sp³-hybridized carbons (Fsp3) is 0.571. The average Bonchev–Trinajstić information content (AvgIpc) is 2.39. The van der Waals surface area contributed by atoms with Crippen molar-refractivity contribution in [2.24, 2.45) is 0 Å². The SMILES string of the molecule is CCCC(O)CNCc1ccc(OC)cc1OC. The molecule has 0 spiro atoms. The fourth-order valence-corrected chi connectivity index (χ4v) is 1.81. The highest BCUT2D eigenvalue weighted by Crippen LogP contribution is 2.24. The van der Waals surface area contributed by atoms with Crippen molar-refractivity contribution in [1.82, 2.24) is 5.32 Å². The van der Waals surface area contributed by atoms with Crippen molar-refractivity contribution in [3.05, 3.63) is 23.8 Å². The molecule has 0 aromatic heterocycles. The van der Waals surface area contributed by atoms with Crippen molar-refractivity contribution in [3.63, 3.8) is 0 Å². The normalized spacial score (nSPS) is 12.2. The van der Waals surface area contributed by atoms with Crippen LogP contribution in [0.25, 0.3) is 0 Å². The van der Waals surface area contributed by atoms with Crippen LogP contribution < -0.4 is 14.8 Å². The molecule has 0 amide bonds. The van der Waals surface area contributed by atoms with Crippen molar-refractivity contribution in [2.75, 3.05) is 20.8 Å². The van der Waals surface area contributed by atoms with Crippen LogP contribution in [0.5, 0.6) is 11.5 Å². The van der Waals surface area contributed by atoms with Gasteiger partial charge >= 0.3 is 0 Å². The monoisotopic (exact) mass is 253 g/mol. The quantitative estimate of drug-likeness (QED) is 0.743. The molecule has 1 aromatic carbocycles.